The fourth-order valence-electron chi connectivity index (χ4n) is 2.33. The van der Waals surface area contributed by atoms with Crippen molar-refractivity contribution in [2.45, 2.75) is 6.42 Å². The molecule has 0 aliphatic carbocycles. The van der Waals surface area contributed by atoms with Gasteiger partial charge in [0.15, 0.2) is 0 Å². The highest BCUT2D eigenvalue weighted by molar-refractivity contribution is 6.35. The van der Waals surface area contributed by atoms with Crippen molar-refractivity contribution < 1.29 is 4.79 Å². The largest absolute Gasteiger partial charge is 0.322 e. The van der Waals surface area contributed by atoms with Crippen molar-refractivity contribution in [3.05, 3.63) is 93.7 Å². The van der Waals surface area contributed by atoms with Crippen molar-refractivity contribution in [3.8, 4) is 0 Å². The van der Waals surface area contributed by atoms with Crippen molar-refractivity contribution >= 4 is 34.8 Å². The van der Waals surface area contributed by atoms with Gasteiger partial charge in [-0.05, 0) is 60.0 Å². The zero-order valence-electron chi connectivity index (χ0n) is 12.7. The number of aromatic nitrogens is 1. The molecule has 1 N–H and O–H groups in total. The normalized spacial score (nSPS) is 10.4. The smallest absolute Gasteiger partial charge is 0.255 e. The number of pyridine rings is 1. The maximum atomic E-state index is 12.3. The van der Waals surface area contributed by atoms with Gasteiger partial charge in [-0.1, -0.05) is 35.3 Å². The number of nitrogens with one attached hydrogen (secondary N) is 1. The molecule has 0 fully saturated rings. The first-order chi connectivity index (χ1) is 11.6. The minimum atomic E-state index is -0.249. The number of carbonyl (C=O) groups is 1. The van der Waals surface area contributed by atoms with E-state index in [1.54, 1.807) is 30.6 Å². The van der Waals surface area contributed by atoms with Gasteiger partial charge in [-0.25, -0.2) is 0 Å². The molecule has 3 nitrogen and oxygen atoms in total. The van der Waals surface area contributed by atoms with Crippen LogP contribution >= 0.6 is 23.2 Å². The Morgan fingerprint density at radius 1 is 0.875 bits per heavy atom. The number of halogens is 2. The van der Waals surface area contributed by atoms with E-state index in [0.29, 0.717) is 15.6 Å². The summed E-state index contributed by atoms with van der Waals surface area (Å²) in [4.78, 5) is 16.3. The number of nitrogens with zero attached hydrogens (tertiary/aromatic N) is 1. The lowest BCUT2D eigenvalue weighted by Gasteiger charge is -2.08. The second-order valence-corrected chi connectivity index (χ2v) is 6.21. The lowest BCUT2D eigenvalue weighted by molar-refractivity contribution is 0.102. The maximum Gasteiger partial charge on any atom is 0.255 e. The summed E-state index contributed by atoms with van der Waals surface area (Å²) < 4.78 is 0. The third-order valence-corrected chi connectivity index (χ3v) is 3.93. The molecular weight excluding hydrogens is 343 g/mol. The fourth-order valence-corrected chi connectivity index (χ4v) is 2.86. The summed E-state index contributed by atoms with van der Waals surface area (Å²) in [6.45, 7) is 0. The van der Waals surface area contributed by atoms with Gasteiger partial charge in [-0.2, -0.15) is 0 Å². The maximum absolute atomic E-state index is 12.3. The second kappa shape index (κ2) is 7.47. The second-order valence-electron chi connectivity index (χ2n) is 5.34. The molecule has 0 unspecified atom stereocenters. The van der Waals surface area contributed by atoms with E-state index in [1.165, 1.54) is 5.56 Å². The van der Waals surface area contributed by atoms with Crippen molar-refractivity contribution in [2.24, 2.45) is 0 Å². The minimum absolute atomic E-state index is 0.249. The van der Waals surface area contributed by atoms with Crippen LogP contribution in [0, 0.1) is 0 Å². The Morgan fingerprint density at radius 3 is 2.08 bits per heavy atom. The molecule has 24 heavy (non-hydrogen) atoms. The summed E-state index contributed by atoms with van der Waals surface area (Å²) in [5.41, 5.74) is 3.49. The van der Waals surface area contributed by atoms with Crippen molar-refractivity contribution in [1.82, 2.24) is 4.98 Å². The first kappa shape index (κ1) is 16.5. The van der Waals surface area contributed by atoms with Gasteiger partial charge in [0, 0.05) is 33.7 Å². The molecule has 0 radical (unpaired) electrons. The molecule has 3 aromatic rings. The number of rotatable bonds is 4. The van der Waals surface area contributed by atoms with Crippen LogP contribution < -0.4 is 5.32 Å². The monoisotopic (exact) mass is 356 g/mol. The molecule has 120 valence electrons. The SMILES string of the molecule is O=C(Nc1ccc(Cc2ccncc2)cc1)c1cc(Cl)cc(Cl)c1. The molecule has 0 atom stereocenters. The van der Waals surface area contributed by atoms with Crippen LogP contribution in [0.3, 0.4) is 0 Å². The number of hydrogen-bond donors (Lipinski definition) is 1. The van der Waals surface area contributed by atoms with Gasteiger partial charge >= 0.3 is 0 Å². The van der Waals surface area contributed by atoms with Crippen molar-refractivity contribution in [2.75, 3.05) is 5.32 Å². The molecule has 0 aliphatic rings. The molecule has 0 bridgehead atoms. The quantitative estimate of drug-likeness (QED) is 0.695. The van der Waals surface area contributed by atoms with Gasteiger partial charge in [0.1, 0.15) is 0 Å². The third kappa shape index (κ3) is 4.34. The number of amides is 1. The average Bonchev–Trinajstić information content (AvgIpc) is 2.57. The Labute approximate surface area is 150 Å². The molecule has 1 aromatic heterocycles. The zero-order chi connectivity index (χ0) is 16.9. The molecule has 5 heteroatoms. The molecule has 1 amide bonds. The van der Waals surface area contributed by atoms with E-state index in [4.69, 9.17) is 23.2 Å². The van der Waals surface area contributed by atoms with Crippen LogP contribution in [0.15, 0.2) is 67.0 Å². The van der Waals surface area contributed by atoms with Crippen molar-refractivity contribution in [1.29, 1.82) is 0 Å². The highest BCUT2D eigenvalue weighted by Crippen LogP contribution is 2.20. The van der Waals surface area contributed by atoms with Gasteiger partial charge < -0.3 is 5.32 Å². The van der Waals surface area contributed by atoms with Crippen LogP contribution in [0.4, 0.5) is 5.69 Å². The van der Waals surface area contributed by atoms with E-state index in [9.17, 15) is 4.79 Å². The highest BCUT2D eigenvalue weighted by Gasteiger charge is 2.08. The number of carbonyl (C=O) groups excluding carboxylic acids is 1. The first-order valence-electron chi connectivity index (χ1n) is 7.35. The first-order valence-corrected chi connectivity index (χ1v) is 8.11. The fraction of sp³-hybridized carbons (Fsp3) is 0.0526. The minimum Gasteiger partial charge on any atom is -0.322 e. The van der Waals surface area contributed by atoms with E-state index in [0.717, 1.165) is 17.7 Å². The molecule has 1 heterocycles. The Balaban J connectivity index is 1.68. The van der Waals surface area contributed by atoms with Gasteiger partial charge in [0.25, 0.3) is 5.91 Å². The van der Waals surface area contributed by atoms with Crippen LogP contribution in [0.5, 0.6) is 0 Å². The molecular formula is C19H14Cl2N2O. The Kier molecular flexibility index (Phi) is 5.14. The Morgan fingerprint density at radius 2 is 1.46 bits per heavy atom. The van der Waals surface area contributed by atoms with Crippen LogP contribution in [0.2, 0.25) is 10.0 Å². The van der Waals surface area contributed by atoms with Gasteiger partial charge in [0.05, 0.1) is 0 Å². The topological polar surface area (TPSA) is 42.0 Å². The zero-order valence-corrected chi connectivity index (χ0v) is 14.2. The van der Waals surface area contributed by atoms with Crippen LogP contribution in [-0.2, 0) is 6.42 Å². The van der Waals surface area contributed by atoms with Crippen molar-refractivity contribution in [3.63, 3.8) is 0 Å². The van der Waals surface area contributed by atoms with Crippen LogP contribution in [-0.4, -0.2) is 10.9 Å². The van der Waals surface area contributed by atoms with Gasteiger partial charge in [-0.3, -0.25) is 9.78 Å². The van der Waals surface area contributed by atoms with E-state index < -0.39 is 0 Å². The summed E-state index contributed by atoms with van der Waals surface area (Å²) in [7, 11) is 0. The van der Waals surface area contributed by atoms with Gasteiger partial charge in [-0.15, -0.1) is 0 Å². The average molecular weight is 357 g/mol. The summed E-state index contributed by atoms with van der Waals surface area (Å²) >= 11 is 11.9. The molecule has 3 rings (SSSR count). The molecule has 0 saturated heterocycles. The third-order valence-electron chi connectivity index (χ3n) is 3.49. The van der Waals surface area contributed by atoms with E-state index in [1.807, 2.05) is 36.4 Å². The number of anilines is 1. The Hall–Kier alpha value is -2.36. The molecule has 2 aromatic carbocycles. The number of benzene rings is 2. The summed E-state index contributed by atoms with van der Waals surface area (Å²) in [6, 6.07) is 16.5. The van der Waals surface area contributed by atoms with Crippen LogP contribution in [0.1, 0.15) is 21.5 Å². The predicted octanol–water partition coefficient (Wildman–Crippen LogP) is 5.23. The van der Waals surface area contributed by atoms with E-state index >= 15 is 0 Å². The lowest BCUT2D eigenvalue weighted by atomic mass is 10.1. The number of hydrogen-bond acceptors (Lipinski definition) is 2. The Bertz CT molecular complexity index is 829. The highest BCUT2D eigenvalue weighted by atomic mass is 35.5. The van der Waals surface area contributed by atoms with E-state index in [-0.39, 0.29) is 5.91 Å². The molecule has 0 spiro atoms. The van der Waals surface area contributed by atoms with E-state index in [2.05, 4.69) is 10.3 Å². The van der Waals surface area contributed by atoms with Gasteiger partial charge in [0.2, 0.25) is 0 Å². The van der Waals surface area contributed by atoms with Crippen LogP contribution in [0.25, 0.3) is 0 Å². The predicted molar refractivity (Wildman–Crippen MR) is 97.9 cm³/mol. The summed E-state index contributed by atoms with van der Waals surface area (Å²) in [5, 5.41) is 3.70. The summed E-state index contributed by atoms with van der Waals surface area (Å²) in [5.74, 6) is -0.249. The molecule has 0 saturated carbocycles. The molecule has 0 aliphatic heterocycles. The standard InChI is InChI=1S/C19H14Cl2N2O/c20-16-10-15(11-17(21)12-16)19(24)23-18-3-1-13(2-4-18)9-14-5-7-22-8-6-14/h1-8,10-12H,9H2,(H,23,24). The summed E-state index contributed by atoms with van der Waals surface area (Å²) in [6.07, 6.45) is 4.38. The lowest BCUT2D eigenvalue weighted by Crippen LogP contribution is -2.11.